The van der Waals surface area contributed by atoms with Crippen LogP contribution in [0.15, 0.2) is 58.6 Å². The molecule has 0 saturated carbocycles. The van der Waals surface area contributed by atoms with Gasteiger partial charge in [0.15, 0.2) is 0 Å². The van der Waals surface area contributed by atoms with Crippen LogP contribution in [-0.4, -0.2) is 31.5 Å². The zero-order valence-corrected chi connectivity index (χ0v) is 15.9. The molecule has 142 valence electrons. The van der Waals surface area contributed by atoms with Gasteiger partial charge in [-0.25, -0.2) is 8.42 Å². The maximum Gasteiger partial charge on any atom is 0.243 e. The van der Waals surface area contributed by atoms with E-state index in [0.717, 1.165) is 11.3 Å². The highest BCUT2D eigenvalue weighted by Gasteiger charge is 2.28. The Morgan fingerprint density at radius 3 is 2.32 bits per heavy atom. The molecular formula is C20H18N4O3S. The van der Waals surface area contributed by atoms with E-state index in [1.165, 1.54) is 28.6 Å². The largest absolute Gasteiger partial charge is 0.391 e. The molecule has 0 atom stereocenters. The lowest BCUT2D eigenvalue weighted by molar-refractivity contribution is 0.128. The number of hydrogen-bond acceptors (Lipinski definition) is 6. The van der Waals surface area contributed by atoms with Gasteiger partial charge in [-0.1, -0.05) is 17.3 Å². The van der Waals surface area contributed by atoms with Gasteiger partial charge >= 0.3 is 0 Å². The fourth-order valence-electron chi connectivity index (χ4n) is 2.86. The average Bonchev–Trinajstić information content (AvgIpc) is 2.74. The molecule has 3 rings (SSSR count). The monoisotopic (exact) mass is 394 g/mol. The van der Waals surface area contributed by atoms with E-state index in [9.17, 15) is 8.42 Å². The van der Waals surface area contributed by atoms with Crippen molar-refractivity contribution in [3.05, 3.63) is 65.2 Å². The molecule has 0 amide bonds. The summed E-state index contributed by atoms with van der Waals surface area (Å²) in [6.45, 7) is 0.912. The van der Waals surface area contributed by atoms with Crippen LogP contribution >= 0.6 is 0 Å². The van der Waals surface area contributed by atoms with Crippen molar-refractivity contribution in [2.75, 3.05) is 13.1 Å². The van der Waals surface area contributed by atoms with Crippen LogP contribution < -0.4 is 0 Å². The van der Waals surface area contributed by atoms with Gasteiger partial charge in [-0.05, 0) is 42.0 Å². The minimum atomic E-state index is -3.58. The fourth-order valence-corrected chi connectivity index (χ4v) is 4.30. The Bertz CT molecular complexity index is 1050. The fraction of sp³-hybridized carbons (Fsp3) is 0.250. The number of oxime groups is 1. The SMILES string of the molecule is N#Cc1ccc(S(=O)(=O)N2CCC(=NOCc3cccc(C#N)c3)CC2)cc1. The molecule has 28 heavy (non-hydrogen) atoms. The van der Waals surface area contributed by atoms with Gasteiger partial charge in [0.1, 0.15) is 6.61 Å². The lowest BCUT2D eigenvalue weighted by Gasteiger charge is -2.26. The standard InChI is InChI=1S/C20H18N4O3S/c21-13-16-4-6-20(7-5-16)28(25,26)24-10-8-19(9-11-24)23-27-15-18-3-1-2-17(12-18)14-22/h1-7,12H,8-11,15H2. The molecule has 7 nitrogen and oxygen atoms in total. The van der Waals surface area contributed by atoms with E-state index in [-0.39, 0.29) is 11.5 Å². The molecule has 0 unspecified atom stereocenters. The van der Waals surface area contributed by atoms with E-state index >= 15 is 0 Å². The number of sulfonamides is 1. The Morgan fingerprint density at radius 2 is 1.68 bits per heavy atom. The van der Waals surface area contributed by atoms with Crippen LogP contribution in [0.4, 0.5) is 0 Å². The second-order valence-electron chi connectivity index (χ2n) is 6.28. The van der Waals surface area contributed by atoms with Crippen molar-refractivity contribution in [3.8, 4) is 12.1 Å². The van der Waals surface area contributed by atoms with Crippen LogP contribution in [-0.2, 0) is 21.5 Å². The maximum atomic E-state index is 12.7. The normalized spacial score (nSPS) is 14.7. The van der Waals surface area contributed by atoms with Crippen molar-refractivity contribution in [2.24, 2.45) is 5.16 Å². The second-order valence-corrected chi connectivity index (χ2v) is 8.22. The summed E-state index contributed by atoms with van der Waals surface area (Å²) in [6, 6.07) is 17.1. The highest BCUT2D eigenvalue weighted by Crippen LogP contribution is 2.20. The summed E-state index contributed by atoms with van der Waals surface area (Å²) in [5.41, 5.74) is 2.64. The van der Waals surface area contributed by atoms with Gasteiger partial charge in [0.05, 0.1) is 33.9 Å². The summed E-state index contributed by atoms with van der Waals surface area (Å²) in [7, 11) is -3.58. The van der Waals surface area contributed by atoms with Crippen molar-refractivity contribution in [2.45, 2.75) is 24.3 Å². The van der Waals surface area contributed by atoms with Crippen LogP contribution in [0.2, 0.25) is 0 Å². The van der Waals surface area contributed by atoms with Gasteiger partial charge < -0.3 is 4.84 Å². The molecule has 0 aliphatic carbocycles. The Balaban J connectivity index is 1.56. The van der Waals surface area contributed by atoms with Crippen molar-refractivity contribution >= 4 is 15.7 Å². The summed E-state index contributed by atoms with van der Waals surface area (Å²) in [5.74, 6) is 0. The van der Waals surface area contributed by atoms with Gasteiger partial charge in [0.25, 0.3) is 0 Å². The number of nitriles is 2. The topological polar surface area (TPSA) is 107 Å². The quantitative estimate of drug-likeness (QED) is 0.725. The second kappa shape index (κ2) is 8.66. The minimum Gasteiger partial charge on any atom is -0.391 e. The molecule has 0 spiro atoms. The number of hydrogen-bond donors (Lipinski definition) is 0. The lowest BCUT2D eigenvalue weighted by Crippen LogP contribution is -2.38. The molecule has 1 fully saturated rings. The molecule has 1 aliphatic rings. The zero-order chi connectivity index (χ0) is 20.0. The molecule has 0 bridgehead atoms. The molecule has 0 aromatic heterocycles. The van der Waals surface area contributed by atoms with Gasteiger partial charge in [0, 0.05) is 25.9 Å². The number of benzene rings is 2. The summed E-state index contributed by atoms with van der Waals surface area (Å²) >= 11 is 0. The first-order valence-electron chi connectivity index (χ1n) is 8.70. The number of piperidine rings is 1. The third-order valence-electron chi connectivity index (χ3n) is 4.40. The maximum absolute atomic E-state index is 12.7. The molecule has 2 aromatic carbocycles. The van der Waals surface area contributed by atoms with E-state index in [4.69, 9.17) is 15.4 Å². The molecule has 1 heterocycles. The van der Waals surface area contributed by atoms with E-state index < -0.39 is 10.0 Å². The first-order valence-corrected chi connectivity index (χ1v) is 10.1. The lowest BCUT2D eigenvalue weighted by atomic mass is 10.1. The van der Waals surface area contributed by atoms with Crippen LogP contribution in [0.3, 0.4) is 0 Å². The Hall–Kier alpha value is -3.20. The zero-order valence-electron chi connectivity index (χ0n) is 15.1. The predicted octanol–water partition coefficient (Wildman–Crippen LogP) is 2.79. The Morgan fingerprint density at radius 1 is 1.00 bits per heavy atom. The van der Waals surface area contributed by atoms with Gasteiger partial charge in [0.2, 0.25) is 10.0 Å². The molecule has 8 heteroatoms. The molecule has 1 aliphatic heterocycles. The van der Waals surface area contributed by atoms with Crippen LogP contribution in [0.5, 0.6) is 0 Å². The molecular weight excluding hydrogens is 376 g/mol. The van der Waals surface area contributed by atoms with E-state index in [1.807, 2.05) is 12.1 Å². The highest BCUT2D eigenvalue weighted by atomic mass is 32.2. The van der Waals surface area contributed by atoms with Gasteiger partial charge in [-0.2, -0.15) is 14.8 Å². The molecule has 0 N–H and O–H groups in total. The predicted molar refractivity (Wildman–Crippen MR) is 103 cm³/mol. The third kappa shape index (κ3) is 4.55. The summed E-state index contributed by atoms with van der Waals surface area (Å²) in [5, 5.41) is 21.9. The molecule has 2 aromatic rings. The third-order valence-corrected chi connectivity index (χ3v) is 6.31. The Labute approximate surface area is 164 Å². The summed E-state index contributed by atoms with van der Waals surface area (Å²) < 4.78 is 26.8. The van der Waals surface area contributed by atoms with E-state index in [2.05, 4.69) is 11.2 Å². The highest BCUT2D eigenvalue weighted by molar-refractivity contribution is 7.89. The molecule has 0 radical (unpaired) electrons. The van der Waals surface area contributed by atoms with Crippen LogP contribution in [0, 0.1) is 22.7 Å². The first-order chi connectivity index (χ1) is 13.5. The number of rotatable bonds is 5. The smallest absolute Gasteiger partial charge is 0.243 e. The van der Waals surface area contributed by atoms with Crippen molar-refractivity contribution in [3.63, 3.8) is 0 Å². The van der Waals surface area contributed by atoms with E-state index in [1.54, 1.807) is 18.2 Å². The van der Waals surface area contributed by atoms with Crippen LogP contribution in [0.25, 0.3) is 0 Å². The average molecular weight is 394 g/mol. The van der Waals surface area contributed by atoms with Gasteiger partial charge in [-0.15, -0.1) is 0 Å². The minimum absolute atomic E-state index is 0.181. The van der Waals surface area contributed by atoms with E-state index in [0.29, 0.717) is 37.1 Å². The van der Waals surface area contributed by atoms with Crippen molar-refractivity contribution in [1.82, 2.24) is 4.31 Å². The molecule has 1 saturated heterocycles. The number of nitrogens with zero attached hydrogens (tertiary/aromatic N) is 4. The summed E-state index contributed by atoms with van der Waals surface area (Å²) in [4.78, 5) is 5.55. The van der Waals surface area contributed by atoms with Crippen LogP contribution in [0.1, 0.15) is 29.5 Å². The first kappa shape index (κ1) is 19.6. The van der Waals surface area contributed by atoms with Crippen molar-refractivity contribution < 1.29 is 13.3 Å². The Kier molecular flexibility index (Phi) is 6.05. The van der Waals surface area contributed by atoms with Crippen molar-refractivity contribution in [1.29, 1.82) is 10.5 Å². The summed E-state index contributed by atoms with van der Waals surface area (Å²) in [6.07, 6.45) is 0.988. The van der Waals surface area contributed by atoms with Gasteiger partial charge in [-0.3, -0.25) is 0 Å².